The summed E-state index contributed by atoms with van der Waals surface area (Å²) in [6.07, 6.45) is 0.160. The second-order valence-corrected chi connectivity index (χ2v) is 6.50. The Morgan fingerprint density at radius 3 is 2.48 bits per heavy atom. The van der Waals surface area contributed by atoms with Gasteiger partial charge in [-0.15, -0.1) is 11.3 Å². The molecule has 2 rings (SSSR count). The Hall–Kier alpha value is -1.78. The molecule has 0 aliphatic carbocycles. The average Bonchev–Trinajstić information content (AvgIpc) is 2.73. The fourth-order valence-electron chi connectivity index (χ4n) is 2.47. The van der Waals surface area contributed by atoms with Gasteiger partial charge in [-0.1, -0.05) is 0 Å². The highest BCUT2D eigenvalue weighted by atomic mass is 32.1. The number of amides is 1. The third-order valence-electron chi connectivity index (χ3n) is 3.35. The van der Waals surface area contributed by atoms with E-state index >= 15 is 0 Å². The molecule has 0 spiro atoms. The van der Waals surface area contributed by atoms with Crippen LogP contribution >= 0.6 is 11.3 Å². The number of nitrogen functional groups attached to an aromatic ring is 1. The van der Waals surface area contributed by atoms with E-state index in [1.54, 1.807) is 14.1 Å². The highest BCUT2D eigenvalue weighted by molar-refractivity contribution is 7.19. The minimum atomic E-state index is -0.172. The lowest BCUT2D eigenvalue weighted by atomic mass is 10.2. The van der Waals surface area contributed by atoms with E-state index in [1.165, 1.54) is 16.2 Å². The second-order valence-electron chi connectivity index (χ2n) is 5.50. The van der Waals surface area contributed by atoms with Crippen molar-refractivity contribution in [3.05, 3.63) is 10.4 Å². The van der Waals surface area contributed by atoms with Crippen molar-refractivity contribution in [2.24, 2.45) is 0 Å². The van der Waals surface area contributed by atoms with E-state index in [0.717, 1.165) is 5.00 Å². The number of carbonyl (C=O) groups is 1. The van der Waals surface area contributed by atoms with Crippen LogP contribution in [0, 0.1) is 11.3 Å². The van der Waals surface area contributed by atoms with Crippen LogP contribution in [0.3, 0.4) is 0 Å². The van der Waals surface area contributed by atoms with Gasteiger partial charge in [-0.05, 0) is 13.8 Å². The van der Waals surface area contributed by atoms with Crippen LogP contribution in [-0.2, 0) is 4.74 Å². The SMILES string of the molecule is C[C@@H]1CN(c2sc(C(=O)N(C)C)c(N)c2C#N)C[C@H](C)O1. The molecular formula is C14H20N4O2S. The van der Waals surface area contributed by atoms with Crippen LogP contribution in [0.4, 0.5) is 10.7 Å². The molecule has 2 N–H and O–H groups in total. The first-order valence-electron chi connectivity index (χ1n) is 6.79. The molecular weight excluding hydrogens is 288 g/mol. The van der Waals surface area contributed by atoms with Crippen LogP contribution in [0.5, 0.6) is 0 Å². The number of rotatable bonds is 2. The molecule has 0 aromatic carbocycles. The van der Waals surface area contributed by atoms with Gasteiger partial charge in [-0.3, -0.25) is 4.79 Å². The predicted octanol–water partition coefficient (Wildman–Crippen LogP) is 1.52. The van der Waals surface area contributed by atoms with Crippen molar-refractivity contribution < 1.29 is 9.53 Å². The summed E-state index contributed by atoms with van der Waals surface area (Å²) >= 11 is 1.29. The number of nitrogens with two attached hydrogens (primary N) is 1. The summed E-state index contributed by atoms with van der Waals surface area (Å²) in [7, 11) is 3.35. The van der Waals surface area contributed by atoms with E-state index in [1.807, 2.05) is 13.8 Å². The number of nitrogens with zero attached hydrogens (tertiary/aromatic N) is 3. The smallest absolute Gasteiger partial charge is 0.265 e. The Labute approximate surface area is 128 Å². The van der Waals surface area contributed by atoms with Gasteiger partial charge in [-0.25, -0.2) is 0 Å². The van der Waals surface area contributed by atoms with E-state index in [0.29, 0.717) is 23.5 Å². The summed E-state index contributed by atoms with van der Waals surface area (Å²) in [4.78, 5) is 16.1. The number of morpholine rings is 1. The molecule has 0 unspecified atom stereocenters. The molecule has 21 heavy (non-hydrogen) atoms. The zero-order valence-corrected chi connectivity index (χ0v) is 13.5. The molecule has 0 radical (unpaired) electrons. The number of ether oxygens (including phenoxy) is 1. The summed E-state index contributed by atoms with van der Waals surface area (Å²) in [5.41, 5.74) is 6.69. The molecule has 1 aliphatic heterocycles. The van der Waals surface area contributed by atoms with Crippen molar-refractivity contribution in [2.75, 3.05) is 37.8 Å². The standard InChI is InChI=1S/C14H20N4O2S/c1-8-6-18(7-9(2)20-8)14-10(5-15)11(16)12(21-14)13(19)17(3)4/h8-9H,6-7,16H2,1-4H3/t8-,9+. The molecule has 2 atom stereocenters. The summed E-state index contributed by atoms with van der Waals surface area (Å²) < 4.78 is 5.71. The van der Waals surface area contributed by atoms with Gasteiger partial charge in [0, 0.05) is 27.2 Å². The van der Waals surface area contributed by atoms with Crippen molar-refractivity contribution in [2.45, 2.75) is 26.1 Å². The van der Waals surface area contributed by atoms with Crippen molar-refractivity contribution in [3.8, 4) is 6.07 Å². The van der Waals surface area contributed by atoms with Gasteiger partial charge in [0.2, 0.25) is 0 Å². The quantitative estimate of drug-likeness (QED) is 0.895. The molecule has 7 heteroatoms. The Kier molecular flexibility index (Phi) is 4.40. The third kappa shape index (κ3) is 2.96. The zero-order chi connectivity index (χ0) is 15.7. The number of thiophene rings is 1. The van der Waals surface area contributed by atoms with Crippen LogP contribution in [0.25, 0.3) is 0 Å². The molecule has 1 saturated heterocycles. The van der Waals surface area contributed by atoms with E-state index in [2.05, 4.69) is 11.0 Å². The number of hydrogen-bond acceptors (Lipinski definition) is 6. The lowest BCUT2D eigenvalue weighted by Gasteiger charge is -2.36. The summed E-state index contributed by atoms with van der Waals surface area (Å²) in [5, 5.41) is 10.2. The van der Waals surface area contributed by atoms with Gasteiger partial charge in [0.25, 0.3) is 5.91 Å². The first-order valence-corrected chi connectivity index (χ1v) is 7.61. The summed E-state index contributed by atoms with van der Waals surface area (Å²) in [5.74, 6) is -0.172. The first-order chi connectivity index (χ1) is 9.85. The van der Waals surface area contributed by atoms with Gasteiger partial charge in [0.1, 0.15) is 21.5 Å². The molecule has 1 aliphatic rings. The molecule has 0 bridgehead atoms. The number of anilines is 2. The maximum atomic E-state index is 12.2. The summed E-state index contributed by atoms with van der Waals surface area (Å²) in [6.45, 7) is 5.37. The maximum Gasteiger partial charge on any atom is 0.265 e. The van der Waals surface area contributed by atoms with Crippen LogP contribution in [0.2, 0.25) is 0 Å². The van der Waals surface area contributed by atoms with Crippen molar-refractivity contribution in [3.63, 3.8) is 0 Å². The topological polar surface area (TPSA) is 82.6 Å². The largest absolute Gasteiger partial charge is 0.396 e. The van der Waals surface area contributed by atoms with Crippen LogP contribution in [0.15, 0.2) is 0 Å². The number of nitriles is 1. The van der Waals surface area contributed by atoms with E-state index in [4.69, 9.17) is 10.5 Å². The third-order valence-corrected chi connectivity index (χ3v) is 4.60. The lowest BCUT2D eigenvalue weighted by molar-refractivity contribution is -0.00501. The molecule has 2 heterocycles. The molecule has 114 valence electrons. The first kappa shape index (κ1) is 15.6. The highest BCUT2D eigenvalue weighted by Gasteiger charge is 2.29. The van der Waals surface area contributed by atoms with Gasteiger partial charge in [0.05, 0.1) is 17.9 Å². The summed E-state index contributed by atoms with van der Waals surface area (Å²) in [6, 6.07) is 2.14. The fourth-order valence-corrected chi connectivity index (χ4v) is 3.68. The maximum absolute atomic E-state index is 12.2. The highest BCUT2D eigenvalue weighted by Crippen LogP contribution is 2.39. The number of carbonyl (C=O) groups excluding carboxylic acids is 1. The Morgan fingerprint density at radius 2 is 2.00 bits per heavy atom. The minimum absolute atomic E-state index is 0.0802. The van der Waals surface area contributed by atoms with Crippen molar-refractivity contribution in [1.82, 2.24) is 4.90 Å². The Bertz CT molecular complexity index is 581. The van der Waals surface area contributed by atoms with Crippen molar-refractivity contribution >= 4 is 27.9 Å². The van der Waals surface area contributed by atoms with Gasteiger partial charge in [-0.2, -0.15) is 5.26 Å². The van der Waals surface area contributed by atoms with Gasteiger partial charge >= 0.3 is 0 Å². The molecule has 0 saturated carbocycles. The lowest BCUT2D eigenvalue weighted by Crippen LogP contribution is -2.45. The van der Waals surface area contributed by atoms with Gasteiger partial charge < -0.3 is 20.3 Å². The normalized spacial score (nSPS) is 22.0. The molecule has 1 amide bonds. The van der Waals surface area contributed by atoms with Crippen LogP contribution < -0.4 is 10.6 Å². The van der Waals surface area contributed by atoms with Gasteiger partial charge in [0.15, 0.2) is 0 Å². The second kappa shape index (κ2) is 5.92. The average molecular weight is 308 g/mol. The van der Waals surface area contributed by atoms with E-state index in [-0.39, 0.29) is 23.8 Å². The fraction of sp³-hybridized carbons (Fsp3) is 0.571. The number of hydrogen-bond donors (Lipinski definition) is 1. The minimum Gasteiger partial charge on any atom is -0.396 e. The monoisotopic (exact) mass is 308 g/mol. The zero-order valence-electron chi connectivity index (χ0n) is 12.7. The Morgan fingerprint density at radius 1 is 1.43 bits per heavy atom. The predicted molar refractivity (Wildman–Crippen MR) is 83.7 cm³/mol. The molecule has 6 nitrogen and oxygen atoms in total. The van der Waals surface area contributed by atoms with E-state index < -0.39 is 0 Å². The molecule has 1 fully saturated rings. The van der Waals surface area contributed by atoms with E-state index in [9.17, 15) is 10.1 Å². The van der Waals surface area contributed by atoms with Crippen LogP contribution in [-0.4, -0.2) is 50.2 Å². The molecule has 1 aromatic rings. The molecule has 1 aromatic heterocycles. The van der Waals surface area contributed by atoms with Crippen molar-refractivity contribution in [1.29, 1.82) is 5.26 Å². The Balaban J connectivity index is 2.42. The van der Waals surface area contributed by atoms with Crippen LogP contribution in [0.1, 0.15) is 29.1 Å².